The van der Waals surface area contributed by atoms with Gasteiger partial charge in [0.15, 0.2) is 0 Å². The number of carbonyl (C=O) groups is 2. The minimum absolute atomic E-state index is 0.302. The second-order valence-electron chi connectivity index (χ2n) is 9.43. The molecule has 1 aromatic heterocycles. The highest BCUT2D eigenvalue weighted by Crippen LogP contribution is 2.18. The Labute approximate surface area is 207 Å². The maximum Gasteiger partial charge on any atom is 0.338 e. The summed E-state index contributed by atoms with van der Waals surface area (Å²) in [4.78, 5) is 28.3. The monoisotopic (exact) mass is 474 g/mol. The Hall–Kier alpha value is -3.67. The number of esters is 2. The zero-order chi connectivity index (χ0) is 25.3. The van der Waals surface area contributed by atoms with Crippen LogP contribution in [-0.4, -0.2) is 33.7 Å². The zero-order valence-corrected chi connectivity index (χ0v) is 21.0. The molecule has 0 amide bonds. The highest BCUT2D eigenvalue weighted by Gasteiger charge is 2.17. The number of hydrogen-bond acceptors (Lipinski definition) is 5. The Morgan fingerprint density at radius 1 is 0.971 bits per heavy atom. The lowest BCUT2D eigenvalue weighted by molar-refractivity contribution is 0.00692. The molecular weight excluding hydrogens is 440 g/mol. The SMILES string of the molecule is CCOC(=O)c1ccc(C=C(CCCc2ccc(C(=O)OC(C)(C)C)cc2)Cn2ccnc2)cc1. The lowest BCUT2D eigenvalue weighted by Gasteiger charge is -2.19. The number of allylic oxidation sites excluding steroid dienone is 1. The second kappa shape index (κ2) is 12.2. The van der Waals surface area contributed by atoms with Gasteiger partial charge in [0.2, 0.25) is 0 Å². The van der Waals surface area contributed by atoms with Crippen molar-refractivity contribution in [2.45, 2.75) is 59.1 Å². The average molecular weight is 475 g/mol. The van der Waals surface area contributed by atoms with E-state index in [1.807, 2.05) is 69.7 Å². The van der Waals surface area contributed by atoms with Crippen molar-refractivity contribution in [1.82, 2.24) is 9.55 Å². The van der Waals surface area contributed by atoms with Crippen molar-refractivity contribution >= 4 is 18.0 Å². The molecule has 0 unspecified atom stereocenters. The Balaban J connectivity index is 1.63. The highest BCUT2D eigenvalue weighted by molar-refractivity contribution is 5.90. The molecule has 184 valence electrons. The summed E-state index contributed by atoms with van der Waals surface area (Å²) in [6.45, 7) is 8.50. The molecule has 6 heteroatoms. The van der Waals surface area contributed by atoms with Gasteiger partial charge < -0.3 is 14.0 Å². The fourth-order valence-corrected chi connectivity index (χ4v) is 3.64. The Morgan fingerprint density at radius 3 is 2.23 bits per heavy atom. The van der Waals surface area contributed by atoms with Gasteiger partial charge in [-0.1, -0.05) is 30.3 Å². The molecule has 0 aliphatic carbocycles. The molecule has 6 nitrogen and oxygen atoms in total. The van der Waals surface area contributed by atoms with Gasteiger partial charge in [0, 0.05) is 18.9 Å². The van der Waals surface area contributed by atoms with Gasteiger partial charge in [0.05, 0.1) is 24.1 Å². The smallest absolute Gasteiger partial charge is 0.338 e. The summed E-state index contributed by atoms with van der Waals surface area (Å²) < 4.78 is 12.6. The van der Waals surface area contributed by atoms with Crippen LogP contribution < -0.4 is 0 Å². The number of aromatic nitrogens is 2. The summed E-state index contributed by atoms with van der Waals surface area (Å²) in [5, 5.41) is 0. The van der Waals surface area contributed by atoms with Crippen molar-refractivity contribution in [3.8, 4) is 0 Å². The largest absolute Gasteiger partial charge is 0.462 e. The third-order valence-electron chi connectivity index (χ3n) is 5.29. The Kier molecular flexibility index (Phi) is 9.01. The van der Waals surface area contributed by atoms with E-state index in [0.29, 0.717) is 17.7 Å². The minimum Gasteiger partial charge on any atom is -0.462 e. The van der Waals surface area contributed by atoms with Gasteiger partial charge in [0.1, 0.15) is 5.60 Å². The Bertz CT molecular complexity index is 1120. The van der Waals surface area contributed by atoms with E-state index in [1.54, 1.807) is 25.3 Å². The molecule has 0 aliphatic heterocycles. The summed E-state index contributed by atoms with van der Waals surface area (Å²) in [5.41, 5.74) is 4.09. The van der Waals surface area contributed by atoms with Crippen molar-refractivity contribution in [1.29, 1.82) is 0 Å². The van der Waals surface area contributed by atoms with E-state index < -0.39 is 5.60 Å². The van der Waals surface area contributed by atoms with E-state index in [2.05, 4.69) is 15.6 Å². The fraction of sp³-hybridized carbons (Fsp3) is 0.345. The van der Waals surface area contributed by atoms with Crippen LogP contribution in [0.5, 0.6) is 0 Å². The highest BCUT2D eigenvalue weighted by atomic mass is 16.6. The van der Waals surface area contributed by atoms with E-state index in [-0.39, 0.29) is 11.9 Å². The normalized spacial score (nSPS) is 11.8. The first-order chi connectivity index (χ1) is 16.7. The quantitative estimate of drug-likeness (QED) is 0.331. The van der Waals surface area contributed by atoms with Gasteiger partial charge >= 0.3 is 11.9 Å². The summed E-state index contributed by atoms with van der Waals surface area (Å²) in [6.07, 6.45) is 10.5. The van der Waals surface area contributed by atoms with Crippen molar-refractivity contribution in [3.05, 3.63) is 95.1 Å². The molecule has 0 saturated heterocycles. The van der Waals surface area contributed by atoms with Gasteiger partial charge in [-0.2, -0.15) is 0 Å². The third-order valence-corrected chi connectivity index (χ3v) is 5.29. The molecule has 0 N–H and O–H groups in total. The van der Waals surface area contributed by atoms with Crippen LogP contribution in [0.4, 0.5) is 0 Å². The predicted molar refractivity (Wildman–Crippen MR) is 137 cm³/mol. The van der Waals surface area contributed by atoms with Crippen molar-refractivity contribution in [3.63, 3.8) is 0 Å². The zero-order valence-electron chi connectivity index (χ0n) is 21.0. The van der Waals surface area contributed by atoms with E-state index in [9.17, 15) is 9.59 Å². The van der Waals surface area contributed by atoms with Crippen LogP contribution in [0.25, 0.3) is 6.08 Å². The summed E-state index contributed by atoms with van der Waals surface area (Å²) in [7, 11) is 0. The maximum atomic E-state index is 12.2. The maximum absolute atomic E-state index is 12.2. The predicted octanol–water partition coefficient (Wildman–Crippen LogP) is 6.12. The number of aryl methyl sites for hydroxylation is 1. The fourth-order valence-electron chi connectivity index (χ4n) is 3.64. The average Bonchev–Trinajstić information content (AvgIpc) is 3.32. The van der Waals surface area contributed by atoms with Gasteiger partial charge in [-0.05, 0) is 87.9 Å². The molecule has 3 aromatic rings. The third kappa shape index (κ3) is 8.56. The number of hydrogen-bond donors (Lipinski definition) is 0. The number of carbonyl (C=O) groups excluding carboxylic acids is 2. The number of nitrogens with zero attached hydrogens (tertiary/aromatic N) is 2. The number of rotatable bonds is 10. The molecule has 0 radical (unpaired) electrons. The van der Waals surface area contributed by atoms with Crippen molar-refractivity contribution in [2.75, 3.05) is 6.61 Å². The molecule has 1 heterocycles. The minimum atomic E-state index is -0.507. The van der Waals surface area contributed by atoms with Gasteiger partial charge in [-0.15, -0.1) is 0 Å². The van der Waals surface area contributed by atoms with Crippen molar-refractivity contribution < 1.29 is 19.1 Å². The molecule has 0 atom stereocenters. The van der Waals surface area contributed by atoms with Crippen LogP contribution >= 0.6 is 0 Å². The van der Waals surface area contributed by atoms with E-state index >= 15 is 0 Å². The second-order valence-corrected chi connectivity index (χ2v) is 9.43. The number of imidazole rings is 1. The molecule has 3 rings (SSSR count). The molecule has 0 bridgehead atoms. The van der Waals surface area contributed by atoms with Gasteiger partial charge in [-0.3, -0.25) is 0 Å². The lowest BCUT2D eigenvalue weighted by Crippen LogP contribution is -2.23. The molecule has 35 heavy (non-hydrogen) atoms. The van der Waals surface area contributed by atoms with Crippen LogP contribution in [0.15, 0.2) is 72.8 Å². The summed E-state index contributed by atoms with van der Waals surface area (Å²) >= 11 is 0. The first kappa shape index (κ1) is 25.9. The number of benzene rings is 2. The van der Waals surface area contributed by atoms with E-state index in [0.717, 1.165) is 31.4 Å². The van der Waals surface area contributed by atoms with Gasteiger partial charge in [0.25, 0.3) is 0 Å². The van der Waals surface area contributed by atoms with E-state index in [1.165, 1.54) is 11.1 Å². The van der Waals surface area contributed by atoms with Crippen molar-refractivity contribution in [2.24, 2.45) is 0 Å². The van der Waals surface area contributed by atoms with Crippen LogP contribution in [0.3, 0.4) is 0 Å². The Morgan fingerprint density at radius 2 is 1.63 bits per heavy atom. The molecular formula is C29H34N2O4. The first-order valence-corrected chi connectivity index (χ1v) is 12.0. The van der Waals surface area contributed by atoms with Crippen LogP contribution in [0.2, 0.25) is 0 Å². The first-order valence-electron chi connectivity index (χ1n) is 12.0. The molecule has 0 saturated carbocycles. The van der Waals surface area contributed by atoms with Crippen LogP contribution in [-0.2, 0) is 22.4 Å². The lowest BCUT2D eigenvalue weighted by atomic mass is 10.0. The topological polar surface area (TPSA) is 70.4 Å². The van der Waals surface area contributed by atoms with Gasteiger partial charge in [-0.25, -0.2) is 14.6 Å². The van der Waals surface area contributed by atoms with E-state index in [4.69, 9.17) is 9.47 Å². The molecule has 2 aromatic carbocycles. The summed E-state index contributed by atoms with van der Waals surface area (Å²) in [5.74, 6) is -0.608. The number of ether oxygens (including phenoxy) is 2. The standard InChI is InChI=1S/C29H34N2O4/c1-5-34-27(32)25-15-11-23(12-16-25)19-24(20-31-18-17-30-21-31)8-6-7-22-9-13-26(14-10-22)28(33)35-29(2,3)4/h9-19,21H,5-8,20H2,1-4H3. The molecule has 0 spiro atoms. The molecule has 0 fully saturated rings. The van der Waals surface area contributed by atoms with Crippen LogP contribution in [0.1, 0.15) is 72.4 Å². The van der Waals surface area contributed by atoms with Crippen LogP contribution in [0, 0.1) is 0 Å². The summed E-state index contributed by atoms with van der Waals surface area (Å²) in [6, 6.07) is 15.1. The molecule has 0 aliphatic rings.